The number of aryl methyl sites for hydroxylation is 2. The van der Waals surface area contributed by atoms with E-state index in [1.165, 1.54) is 39.9 Å². The van der Waals surface area contributed by atoms with E-state index in [9.17, 15) is 18.0 Å². The van der Waals surface area contributed by atoms with Crippen molar-refractivity contribution in [1.29, 1.82) is 0 Å². The van der Waals surface area contributed by atoms with Gasteiger partial charge in [-0.1, -0.05) is 13.3 Å². The average Bonchev–Trinajstić information content (AvgIpc) is 3.38. The summed E-state index contributed by atoms with van der Waals surface area (Å²) in [5, 5.41) is 2.61. The molecule has 30 heavy (non-hydrogen) atoms. The van der Waals surface area contributed by atoms with Gasteiger partial charge in [0.05, 0.1) is 4.90 Å². The summed E-state index contributed by atoms with van der Waals surface area (Å²) in [6.45, 7) is 4.71. The average molecular weight is 451 g/mol. The molecule has 2 aromatic rings. The molecule has 0 spiro atoms. The van der Waals surface area contributed by atoms with Crippen molar-refractivity contribution < 1.29 is 22.7 Å². The van der Waals surface area contributed by atoms with Crippen molar-refractivity contribution in [2.45, 2.75) is 44.4 Å². The van der Waals surface area contributed by atoms with Crippen molar-refractivity contribution in [2.75, 3.05) is 25.0 Å². The number of hydrogen-bond acceptors (Lipinski definition) is 6. The van der Waals surface area contributed by atoms with E-state index in [4.69, 9.17) is 4.74 Å². The smallest absolute Gasteiger partial charge is 0.348 e. The highest BCUT2D eigenvalue weighted by atomic mass is 32.2. The van der Waals surface area contributed by atoms with Gasteiger partial charge in [-0.25, -0.2) is 13.2 Å². The van der Waals surface area contributed by atoms with Crippen molar-refractivity contribution in [3.63, 3.8) is 0 Å². The number of nitrogens with zero attached hydrogens (tertiary/aromatic N) is 1. The molecule has 1 saturated heterocycles. The van der Waals surface area contributed by atoms with Crippen molar-refractivity contribution in [1.82, 2.24) is 4.31 Å². The third kappa shape index (κ3) is 5.27. The molecule has 0 bridgehead atoms. The molecule has 0 radical (unpaired) electrons. The lowest BCUT2D eigenvalue weighted by atomic mass is 10.1. The first-order valence-corrected chi connectivity index (χ1v) is 12.2. The summed E-state index contributed by atoms with van der Waals surface area (Å²) in [5.41, 5.74) is 1.57. The minimum Gasteiger partial charge on any atom is -0.451 e. The summed E-state index contributed by atoms with van der Waals surface area (Å²) in [6, 6.07) is 7.83. The second-order valence-corrected chi connectivity index (χ2v) is 10.4. The number of carbonyl (C=O) groups excluding carboxylic acids is 2. The summed E-state index contributed by atoms with van der Waals surface area (Å²) in [7, 11) is -3.49. The second kappa shape index (κ2) is 9.72. The van der Waals surface area contributed by atoms with E-state index in [1.54, 1.807) is 0 Å². The van der Waals surface area contributed by atoms with E-state index in [0.29, 0.717) is 23.7 Å². The lowest BCUT2D eigenvalue weighted by Crippen LogP contribution is -2.27. The Morgan fingerprint density at radius 2 is 1.83 bits per heavy atom. The first kappa shape index (κ1) is 22.5. The number of thiophene rings is 1. The quantitative estimate of drug-likeness (QED) is 0.621. The molecule has 1 aromatic heterocycles. The topological polar surface area (TPSA) is 92.8 Å². The molecule has 0 aliphatic carbocycles. The van der Waals surface area contributed by atoms with E-state index >= 15 is 0 Å². The molecule has 1 aliphatic heterocycles. The molecule has 162 valence electrons. The number of sulfonamides is 1. The van der Waals surface area contributed by atoms with Crippen LogP contribution in [0.1, 0.15) is 46.3 Å². The van der Waals surface area contributed by atoms with Gasteiger partial charge in [0.1, 0.15) is 4.88 Å². The number of hydrogen-bond donors (Lipinski definition) is 1. The number of esters is 1. The molecule has 1 fully saturated rings. The fraction of sp³-hybridized carbons (Fsp3) is 0.429. The molecule has 1 N–H and O–H groups in total. The Morgan fingerprint density at radius 1 is 1.17 bits per heavy atom. The van der Waals surface area contributed by atoms with Crippen LogP contribution in [0.15, 0.2) is 35.2 Å². The van der Waals surface area contributed by atoms with Crippen LogP contribution in [0.5, 0.6) is 0 Å². The summed E-state index contributed by atoms with van der Waals surface area (Å²) in [5.74, 6) is -1.01. The number of amides is 1. The van der Waals surface area contributed by atoms with Gasteiger partial charge < -0.3 is 10.1 Å². The fourth-order valence-corrected chi connectivity index (χ4v) is 5.81. The van der Waals surface area contributed by atoms with Crippen LogP contribution in [0.4, 0.5) is 5.69 Å². The van der Waals surface area contributed by atoms with Gasteiger partial charge in [-0.05, 0) is 62.1 Å². The minimum absolute atomic E-state index is 0.199. The number of nitrogens with one attached hydrogen (secondary N) is 1. The predicted octanol–water partition coefficient (Wildman–Crippen LogP) is 3.59. The molecule has 9 heteroatoms. The number of anilines is 1. The van der Waals surface area contributed by atoms with E-state index in [1.807, 2.05) is 13.0 Å². The maximum atomic E-state index is 12.5. The summed E-state index contributed by atoms with van der Waals surface area (Å²) < 4.78 is 31.6. The largest absolute Gasteiger partial charge is 0.451 e. The van der Waals surface area contributed by atoms with Gasteiger partial charge in [0.25, 0.3) is 5.91 Å². The van der Waals surface area contributed by atoms with Crippen LogP contribution in [-0.2, 0) is 26.0 Å². The Bertz CT molecular complexity index is 1010. The molecular weight excluding hydrogens is 424 g/mol. The SMILES string of the molecule is CCCc1cc(C(=O)OCC(=O)Nc2ccc(S(=O)(=O)N3CCCC3)cc2)sc1C. The third-order valence-corrected chi connectivity index (χ3v) is 7.90. The van der Waals surface area contributed by atoms with Crippen LogP contribution >= 0.6 is 11.3 Å². The lowest BCUT2D eigenvalue weighted by molar-refractivity contribution is -0.119. The zero-order valence-electron chi connectivity index (χ0n) is 17.1. The minimum atomic E-state index is -3.49. The Hall–Kier alpha value is -2.23. The molecule has 2 heterocycles. The van der Waals surface area contributed by atoms with Gasteiger partial charge in [-0.2, -0.15) is 4.31 Å². The van der Waals surface area contributed by atoms with Crippen molar-refractivity contribution in [3.8, 4) is 0 Å². The Labute approximate surface area is 181 Å². The van der Waals surface area contributed by atoms with Gasteiger partial charge in [0.15, 0.2) is 6.61 Å². The van der Waals surface area contributed by atoms with E-state index < -0.39 is 28.5 Å². The molecule has 3 rings (SSSR count). The van der Waals surface area contributed by atoms with Gasteiger partial charge in [0.2, 0.25) is 10.0 Å². The van der Waals surface area contributed by atoms with Crippen LogP contribution in [0.3, 0.4) is 0 Å². The highest BCUT2D eigenvalue weighted by Gasteiger charge is 2.27. The number of ether oxygens (including phenoxy) is 1. The van der Waals surface area contributed by atoms with E-state index in [-0.39, 0.29) is 4.90 Å². The fourth-order valence-electron chi connectivity index (χ4n) is 3.33. The maximum absolute atomic E-state index is 12.5. The summed E-state index contributed by atoms with van der Waals surface area (Å²) in [6.07, 6.45) is 3.64. The molecule has 1 aliphatic rings. The van der Waals surface area contributed by atoms with Crippen molar-refractivity contribution >= 4 is 38.9 Å². The molecule has 0 atom stereocenters. The number of carbonyl (C=O) groups is 2. The first-order valence-electron chi connectivity index (χ1n) is 9.97. The second-order valence-electron chi connectivity index (χ2n) is 7.20. The standard InChI is InChI=1S/C21H26N2O5S2/c1-3-6-16-13-19(29-15(16)2)21(25)28-14-20(24)22-17-7-9-18(10-8-17)30(26,27)23-11-4-5-12-23/h7-10,13H,3-6,11-12,14H2,1-2H3,(H,22,24). The Morgan fingerprint density at radius 3 is 2.47 bits per heavy atom. The van der Waals surface area contributed by atoms with Crippen molar-refractivity contribution in [3.05, 3.63) is 45.6 Å². The number of benzene rings is 1. The van der Waals surface area contributed by atoms with Crippen LogP contribution in [0, 0.1) is 6.92 Å². The molecule has 7 nitrogen and oxygen atoms in total. The molecule has 1 aromatic carbocycles. The first-order chi connectivity index (χ1) is 14.3. The summed E-state index contributed by atoms with van der Waals surface area (Å²) >= 11 is 1.37. The van der Waals surface area contributed by atoms with Crippen molar-refractivity contribution in [2.24, 2.45) is 0 Å². The van der Waals surface area contributed by atoms with Crippen LogP contribution < -0.4 is 5.32 Å². The van der Waals surface area contributed by atoms with Gasteiger partial charge >= 0.3 is 5.97 Å². The third-order valence-electron chi connectivity index (χ3n) is 4.92. The highest BCUT2D eigenvalue weighted by molar-refractivity contribution is 7.89. The van der Waals surface area contributed by atoms with Crippen LogP contribution in [0.25, 0.3) is 0 Å². The van der Waals surface area contributed by atoms with Gasteiger partial charge in [-0.3, -0.25) is 4.79 Å². The van der Waals surface area contributed by atoms with E-state index in [0.717, 1.165) is 36.1 Å². The predicted molar refractivity (Wildman–Crippen MR) is 116 cm³/mol. The molecule has 0 saturated carbocycles. The van der Waals surface area contributed by atoms with Crippen LogP contribution in [0.2, 0.25) is 0 Å². The van der Waals surface area contributed by atoms with Gasteiger partial charge in [-0.15, -0.1) is 11.3 Å². The number of rotatable bonds is 8. The Kier molecular flexibility index (Phi) is 7.27. The maximum Gasteiger partial charge on any atom is 0.348 e. The zero-order valence-corrected chi connectivity index (χ0v) is 18.8. The Balaban J connectivity index is 1.53. The monoisotopic (exact) mass is 450 g/mol. The highest BCUT2D eigenvalue weighted by Crippen LogP contribution is 2.24. The lowest BCUT2D eigenvalue weighted by Gasteiger charge is -2.15. The van der Waals surface area contributed by atoms with Gasteiger partial charge in [0, 0.05) is 23.7 Å². The molecule has 0 unspecified atom stereocenters. The summed E-state index contributed by atoms with van der Waals surface area (Å²) in [4.78, 5) is 26.1. The molecule has 1 amide bonds. The molecular formula is C21H26N2O5S2. The van der Waals surface area contributed by atoms with Crippen LogP contribution in [-0.4, -0.2) is 44.3 Å². The normalized spacial score (nSPS) is 14.6. The van der Waals surface area contributed by atoms with E-state index in [2.05, 4.69) is 12.2 Å². The zero-order chi connectivity index (χ0) is 21.7.